The Balaban J connectivity index is 1.22. The second-order valence-corrected chi connectivity index (χ2v) is 10.5. The molecular formula is C29H38FN3O3. The van der Waals surface area contributed by atoms with Crippen LogP contribution in [0.5, 0.6) is 5.75 Å². The van der Waals surface area contributed by atoms with Crippen molar-refractivity contribution >= 4 is 17.3 Å². The minimum atomic E-state index is -0.268. The molecule has 0 aromatic heterocycles. The number of hydrogen-bond donors (Lipinski definition) is 0. The lowest BCUT2D eigenvalue weighted by molar-refractivity contribution is 0.0993. The van der Waals surface area contributed by atoms with Gasteiger partial charge in [-0.25, -0.2) is 4.39 Å². The summed E-state index contributed by atoms with van der Waals surface area (Å²) in [6.07, 6.45) is 4.32. The maximum Gasteiger partial charge on any atom is 0.258 e. The zero-order valence-electron chi connectivity index (χ0n) is 21.5. The highest BCUT2D eigenvalue weighted by molar-refractivity contribution is 6.05. The molecule has 194 valence electrons. The number of unbranched alkanes of at least 4 members (excludes halogenated alkanes) is 1. The van der Waals surface area contributed by atoms with Crippen molar-refractivity contribution in [3.8, 4) is 5.75 Å². The molecule has 3 saturated heterocycles. The third-order valence-corrected chi connectivity index (χ3v) is 7.96. The Morgan fingerprint density at radius 2 is 2.00 bits per heavy atom. The van der Waals surface area contributed by atoms with Crippen LogP contribution in [0.4, 0.5) is 15.8 Å². The van der Waals surface area contributed by atoms with Gasteiger partial charge in [0.1, 0.15) is 11.6 Å². The largest absolute Gasteiger partial charge is 0.494 e. The van der Waals surface area contributed by atoms with E-state index >= 15 is 4.39 Å². The van der Waals surface area contributed by atoms with E-state index in [2.05, 4.69) is 16.7 Å². The maximum absolute atomic E-state index is 15.4. The molecule has 0 radical (unpaired) electrons. The molecular weight excluding hydrogens is 457 g/mol. The first-order valence-electron chi connectivity index (χ1n) is 13.4. The predicted octanol–water partition coefficient (Wildman–Crippen LogP) is 4.83. The van der Waals surface area contributed by atoms with Gasteiger partial charge in [-0.3, -0.25) is 4.79 Å². The van der Waals surface area contributed by atoms with Crippen LogP contribution in [-0.4, -0.2) is 69.9 Å². The third-order valence-electron chi connectivity index (χ3n) is 7.96. The fourth-order valence-corrected chi connectivity index (χ4v) is 5.87. The molecule has 36 heavy (non-hydrogen) atoms. The molecule has 3 fully saturated rings. The van der Waals surface area contributed by atoms with Gasteiger partial charge in [0, 0.05) is 57.1 Å². The summed E-state index contributed by atoms with van der Waals surface area (Å²) >= 11 is 0. The van der Waals surface area contributed by atoms with Crippen LogP contribution < -0.4 is 14.5 Å². The van der Waals surface area contributed by atoms with Crippen molar-refractivity contribution in [1.29, 1.82) is 0 Å². The van der Waals surface area contributed by atoms with Gasteiger partial charge in [-0.1, -0.05) is 13.3 Å². The Labute approximate surface area is 214 Å². The fraction of sp³-hybridized carbons (Fsp3) is 0.552. The highest BCUT2D eigenvalue weighted by Crippen LogP contribution is 2.37. The molecule has 3 aliphatic rings. The second kappa shape index (κ2) is 11.2. The van der Waals surface area contributed by atoms with E-state index in [1.165, 1.54) is 11.0 Å². The zero-order valence-corrected chi connectivity index (χ0v) is 21.5. The number of fused-ring (bicyclic) bond motifs is 1. The molecule has 0 saturated carbocycles. The van der Waals surface area contributed by atoms with Crippen LogP contribution in [0.2, 0.25) is 0 Å². The number of rotatable bonds is 9. The number of likely N-dealkylation sites (tertiary alicyclic amines) is 1. The lowest BCUT2D eigenvalue weighted by Crippen LogP contribution is -2.37. The van der Waals surface area contributed by atoms with E-state index in [0.717, 1.165) is 70.8 Å². The van der Waals surface area contributed by atoms with Gasteiger partial charge in [0.25, 0.3) is 5.91 Å². The summed E-state index contributed by atoms with van der Waals surface area (Å²) in [5, 5.41) is 0. The summed E-state index contributed by atoms with van der Waals surface area (Å²) in [7, 11) is 1.69. The van der Waals surface area contributed by atoms with Crippen molar-refractivity contribution in [2.45, 2.75) is 38.6 Å². The van der Waals surface area contributed by atoms with E-state index in [9.17, 15) is 4.79 Å². The number of benzene rings is 2. The van der Waals surface area contributed by atoms with Gasteiger partial charge >= 0.3 is 0 Å². The van der Waals surface area contributed by atoms with Crippen molar-refractivity contribution < 1.29 is 18.7 Å². The molecule has 5 rings (SSSR count). The summed E-state index contributed by atoms with van der Waals surface area (Å²) in [6.45, 7) is 8.58. The van der Waals surface area contributed by atoms with Crippen molar-refractivity contribution in [2.24, 2.45) is 11.8 Å². The third kappa shape index (κ3) is 5.37. The number of carbonyl (C=O) groups excluding carboxylic acids is 1. The van der Waals surface area contributed by atoms with E-state index in [1.54, 1.807) is 19.2 Å². The van der Waals surface area contributed by atoms with E-state index in [4.69, 9.17) is 9.47 Å². The molecule has 2 aromatic carbocycles. The second-order valence-electron chi connectivity index (χ2n) is 10.5. The van der Waals surface area contributed by atoms with E-state index < -0.39 is 0 Å². The van der Waals surface area contributed by atoms with Gasteiger partial charge in [-0.05, 0) is 73.6 Å². The number of carbonyl (C=O) groups is 1. The molecule has 3 atom stereocenters. The van der Waals surface area contributed by atoms with E-state index in [1.807, 2.05) is 24.3 Å². The molecule has 6 nitrogen and oxygen atoms in total. The van der Waals surface area contributed by atoms with Gasteiger partial charge in [-0.2, -0.15) is 0 Å². The lowest BCUT2D eigenvalue weighted by Gasteiger charge is -2.28. The Morgan fingerprint density at radius 3 is 2.72 bits per heavy atom. The first-order valence-corrected chi connectivity index (χ1v) is 13.4. The highest BCUT2D eigenvalue weighted by Gasteiger charge is 2.42. The maximum atomic E-state index is 15.4. The summed E-state index contributed by atoms with van der Waals surface area (Å²) in [5.41, 5.74) is 1.74. The van der Waals surface area contributed by atoms with Crippen LogP contribution in [0.15, 0.2) is 42.5 Å². The molecule has 0 spiro atoms. The van der Waals surface area contributed by atoms with Crippen LogP contribution in [0, 0.1) is 17.7 Å². The molecule has 2 aromatic rings. The lowest BCUT2D eigenvalue weighted by atomic mass is 10.0. The van der Waals surface area contributed by atoms with E-state index in [0.29, 0.717) is 41.4 Å². The van der Waals surface area contributed by atoms with Crippen LogP contribution in [0.25, 0.3) is 0 Å². The molecule has 1 amide bonds. The van der Waals surface area contributed by atoms with Crippen molar-refractivity contribution in [3.05, 3.63) is 53.8 Å². The standard InChI is InChI=1S/C29H38FN3O3/c1-3-4-14-36-25-8-5-22(6-9-25)29(34)31(2)24-7-10-27(26(30)16-24)33-13-11-23-18-32(19-28(23)33)17-21-12-15-35-20-21/h5-10,16,21,23,28H,3-4,11-15,17-20H2,1-2H3/t21-,23+,28-/m0/s1. The first-order chi connectivity index (χ1) is 17.5. The molecule has 0 unspecified atom stereocenters. The van der Waals surface area contributed by atoms with Crippen molar-refractivity contribution in [2.75, 3.05) is 62.8 Å². The van der Waals surface area contributed by atoms with Crippen LogP contribution >= 0.6 is 0 Å². The minimum absolute atomic E-state index is 0.175. The molecule has 0 aliphatic carbocycles. The molecule has 0 N–H and O–H groups in total. The highest BCUT2D eigenvalue weighted by atomic mass is 19.1. The van der Waals surface area contributed by atoms with Gasteiger partial charge in [0.05, 0.1) is 18.9 Å². The van der Waals surface area contributed by atoms with Gasteiger partial charge < -0.3 is 24.2 Å². The monoisotopic (exact) mass is 495 g/mol. The molecule has 3 aliphatic heterocycles. The number of anilines is 2. The summed E-state index contributed by atoms with van der Waals surface area (Å²) in [5.74, 6) is 1.53. The average Bonchev–Trinajstić information content (AvgIpc) is 3.62. The van der Waals surface area contributed by atoms with E-state index in [-0.39, 0.29) is 11.7 Å². The van der Waals surface area contributed by atoms with Crippen molar-refractivity contribution in [3.63, 3.8) is 0 Å². The Bertz CT molecular complexity index is 1040. The number of hydrogen-bond acceptors (Lipinski definition) is 5. The summed E-state index contributed by atoms with van der Waals surface area (Å²) < 4.78 is 26.6. The number of halogens is 1. The smallest absolute Gasteiger partial charge is 0.258 e. The van der Waals surface area contributed by atoms with Crippen LogP contribution in [0.1, 0.15) is 43.0 Å². The van der Waals surface area contributed by atoms with Gasteiger partial charge in [0.15, 0.2) is 0 Å². The van der Waals surface area contributed by atoms with Crippen LogP contribution in [-0.2, 0) is 4.74 Å². The number of nitrogens with zero attached hydrogens (tertiary/aromatic N) is 3. The zero-order chi connectivity index (χ0) is 25.1. The molecule has 0 bridgehead atoms. The summed E-state index contributed by atoms with van der Waals surface area (Å²) in [4.78, 5) is 19.3. The Morgan fingerprint density at radius 1 is 1.17 bits per heavy atom. The summed E-state index contributed by atoms with van der Waals surface area (Å²) in [6, 6.07) is 12.7. The fourth-order valence-electron chi connectivity index (χ4n) is 5.87. The molecule has 7 heteroatoms. The topological polar surface area (TPSA) is 45.2 Å². The van der Waals surface area contributed by atoms with Gasteiger partial charge in [-0.15, -0.1) is 0 Å². The quantitative estimate of drug-likeness (QED) is 0.467. The molecule has 3 heterocycles. The Hall–Kier alpha value is -2.64. The first kappa shape index (κ1) is 25.0. The normalized spacial score (nSPS) is 23.8. The average molecular weight is 496 g/mol. The van der Waals surface area contributed by atoms with Gasteiger partial charge in [0.2, 0.25) is 0 Å². The van der Waals surface area contributed by atoms with Crippen LogP contribution in [0.3, 0.4) is 0 Å². The Kier molecular flexibility index (Phi) is 7.77. The van der Waals surface area contributed by atoms with Crippen molar-refractivity contribution in [1.82, 2.24) is 4.90 Å². The SMILES string of the molecule is CCCCOc1ccc(C(=O)N(C)c2ccc(N3CC[C@@H]4CN(C[C@@H]5CCOC5)C[C@@H]43)c(F)c2)cc1. The minimum Gasteiger partial charge on any atom is -0.494 e. The number of amides is 1. The predicted molar refractivity (Wildman–Crippen MR) is 141 cm³/mol. The number of ether oxygens (including phenoxy) is 2.